The zero-order valence-electron chi connectivity index (χ0n) is 14.4. The highest BCUT2D eigenvalue weighted by molar-refractivity contribution is 6.04. The van der Waals surface area contributed by atoms with E-state index in [1.807, 2.05) is 12.1 Å². The number of hydrogen-bond acceptors (Lipinski definition) is 7. The lowest BCUT2D eigenvalue weighted by molar-refractivity contribution is 0.102. The predicted octanol–water partition coefficient (Wildman–Crippen LogP) is 2.51. The molecule has 0 saturated heterocycles. The highest BCUT2D eigenvalue weighted by Crippen LogP contribution is 2.32. The smallest absolute Gasteiger partial charge is 0.258 e. The maximum Gasteiger partial charge on any atom is 0.258 e. The summed E-state index contributed by atoms with van der Waals surface area (Å²) in [5.74, 6) is 1.44. The van der Waals surface area contributed by atoms with Gasteiger partial charge in [0.2, 0.25) is 5.95 Å². The number of amides is 1. The van der Waals surface area contributed by atoms with E-state index in [2.05, 4.69) is 25.6 Å². The topological polar surface area (TPSA) is 98.3 Å². The van der Waals surface area contributed by atoms with Crippen LogP contribution in [0.25, 0.3) is 0 Å². The molecule has 1 aromatic carbocycles. The van der Waals surface area contributed by atoms with Crippen LogP contribution in [0.15, 0.2) is 55.1 Å². The molecule has 0 radical (unpaired) electrons. The van der Waals surface area contributed by atoms with Gasteiger partial charge in [-0.3, -0.25) is 9.78 Å². The Morgan fingerprint density at radius 3 is 2.52 bits per heavy atom. The number of ether oxygens (including phenoxy) is 2. The number of rotatable bonds is 5. The predicted molar refractivity (Wildman–Crippen MR) is 99.0 cm³/mol. The Hall–Kier alpha value is -3.68. The Balaban J connectivity index is 1.37. The molecule has 27 heavy (non-hydrogen) atoms. The molecule has 2 aromatic heterocycles. The molecule has 3 aromatic rings. The van der Waals surface area contributed by atoms with Gasteiger partial charge in [0.15, 0.2) is 11.5 Å². The van der Waals surface area contributed by atoms with E-state index < -0.39 is 0 Å². The van der Waals surface area contributed by atoms with Gasteiger partial charge in [0.25, 0.3) is 5.91 Å². The SMILES string of the molecule is O=C(Nc1ccc2c(c1)OCCO2)c1cnc(NCc2ccncc2)nc1. The van der Waals surface area contributed by atoms with Gasteiger partial charge in [-0.1, -0.05) is 0 Å². The van der Waals surface area contributed by atoms with Gasteiger partial charge in [0, 0.05) is 43.1 Å². The fourth-order valence-electron chi connectivity index (χ4n) is 2.54. The number of pyridine rings is 1. The summed E-state index contributed by atoms with van der Waals surface area (Å²) in [5, 5.41) is 5.90. The highest BCUT2D eigenvalue weighted by atomic mass is 16.6. The van der Waals surface area contributed by atoms with Crippen molar-refractivity contribution in [1.82, 2.24) is 15.0 Å². The fraction of sp³-hybridized carbons (Fsp3) is 0.158. The lowest BCUT2D eigenvalue weighted by Gasteiger charge is -2.19. The van der Waals surface area contributed by atoms with Crippen molar-refractivity contribution in [3.63, 3.8) is 0 Å². The summed E-state index contributed by atoms with van der Waals surface area (Å²) in [6, 6.07) is 9.08. The minimum absolute atomic E-state index is 0.299. The second-order valence-corrected chi connectivity index (χ2v) is 5.82. The lowest BCUT2D eigenvalue weighted by atomic mass is 10.2. The van der Waals surface area contributed by atoms with Crippen molar-refractivity contribution in [3.8, 4) is 11.5 Å². The highest BCUT2D eigenvalue weighted by Gasteiger charge is 2.14. The van der Waals surface area contributed by atoms with E-state index in [1.54, 1.807) is 30.6 Å². The number of nitrogens with one attached hydrogen (secondary N) is 2. The molecular formula is C19H17N5O3. The van der Waals surface area contributed by atoms with Crippen LogP contribution in [-0.2, 0) is 6.54 Å². The number of fused-ring (bicyclic) bond motifs is 1. The van der Waals surface area contributed by atoms with Crippen molar-refractivity contribution < 1.29 is 14.3 Å². The first-order valence-corrected chi connectivity index (χ1v) is 8.44. The van der Waals surface area contributed by atoms with Crippen LogP contribution in [0.3, 0.4) is 0 Å². The molecule has 0 atom stereocenters. The van der Waals surface area contributed by atoms with Crippen LogP contribution < -0.4 is 20.1 Å². The fourth-order valence-corrected chi connectivity index (χ4v) is 2.54. The van der Waals surface area contributed by atoms with E-state index in [9.17, 15) is 4.79 Å². The van der Waals surface area contributed by atoms with Crippen LogP contribution in [0.4, 0.5) is 11.6 Å². The molecule has 1 amide bonds. The van der Waals surface area contributed by atoms with Gasteiger partial charge in [-0.15, -0.1) is 0 Å². The molecule has 0 fully saturated rings. The zero-order valence-corrected chi connectivity index (χ0v) is 14.4. The van der Waals surface area contributed by atoms with Crippen molar-refractivity contribution >= 4 is 17.5 Å². The third-order valence-corrected chi connectivity index (χ3v) is 3.91. The number of benzene rings is 1. The molecule has 0 unspecified atom stereocenters. The Morgan fingerprint density at radius 2 is 1.74 bits per heavy atom. The first-order valence-electron chi connectivity index (χ1n) is 8.44. The number of aromatic nitrogens is 3. The molecule has 2 N–H and O–H groups in total. The quantitative estimate of drug-likeness (QED) is 0.719. The molecule has 0 aliphatic carbocycles. The number of carbonyl (C=O) groups excluding carboxylic acids is 1. The normalized spacial score (nSPS) is 12.3. The Labute approximate surface area is 155 Å². The zero-order chi connectivity index (χ0) is 18.5. The summed E-state index contributed by atoms with van der Waals surface area (Å²) in [6.07, 6.45) is 6.41. The van der Waals surface area contributed by atoms with E-state index in [-0.39, 0.29) is 5.91 Å². The van der Waals surface area contributed by atoms with Crippen molar-refractivity contribution in [2.45, 2.75) is 6.54 Å². The van der Waals surface area contributed by atoms with Crippen molar-refractivity contribution in [3.05, 3.63) is 66.2 Å². The van der Waals surface area contributed by atoms with E-state index in [0.717, 1.165) is 5.56 Å². The van der Waals surface area contributed by atoms with Gasteiger partial charge in [0.1, 0.15) is 13.2 Å². The van der Waals surface area contributed by atoms with Gasteiger partial charge >= 0.3 is 0 Å². The van der Waals surface area contributed by atoms with Crippen molar-refractivity contribution in [2.24, 2.45) is 0 Å². The number of hydrogen-bond donors (Lipinski definition) is 2. The van der Waals surface area contributed by atoms with Crippen LogP contribution in [0.5, 0.6) is 11.5 Å². The molecule has 8 nitrogen and oxygen atoms in total. The van der Waals surface area contributed by atoms with Crippen LogP contribution in [0.2, 0.25) is 0 Å². The number of anilines is 2. The molecular weight excluding hydrogens is 346 g/mol. The largest absolute Gasteiger partial charge is 0.486 e. The van der Waals surface area contributed by atoms with E-state index in [4.69, 9.17) is 9.47 Å². The minimum atomic E-state index is -0.299. The van der Waals surface area contributed by atoms with Crippen LogP contribution in [-0.4, -0.2) is 34.1 Å². The summed E-state index contributed by atoms with van der Waals surface area (Å²) >= 11 is 0. The van der Waals surface area contributed by atoms with Gasteiger partial charge in [-0.2, -0.15) is 0 Å². The van der Waals surface area contributed by atoms with Gasteiger partial charge in [0.05, 0.1) is 5.56 Å². The third kappa shape index (κ3) is 4.12. The Morgan fingerprint density at radius 1 is 1.00 bits per heavy atom. The van der Waals surface area contributed by atoms with Crippen LogP contribution in [0, 0.1) is 0 Å². The van der Waals surface area contributed by atoms with Crippen molar-refractivity contribution in [2.75, 3.05) is 23.8 Å². The molecule has 0 spiro atoms. The van der Waals surface area contributed by atoms with Crippen LogP contribution >= 0.6 is 0 Å². The summed E-state index contributed by atoms with van der Waals surface area (Å²) in [6.45, 7) is 1.59. The maximum absolute atomic E-state index is 12.4. The molecule has 8 heteroatoms. The molecule has 1 aliphatic rings. The summed E-state index contributed by atoms with van der Waals surface area (Å²) in [4.78, 5) is 24.7. The summed E-state index contributed by atoms with van der Waals surface area (Å²) in [7, 11) is 0. The summed E-state index contributed by atoms with van der Waals surface area (Å²) < 4.78 is 11.0. The Kier molecular flexibility index (Phi) is 4.78. The third-order valence-electron chi connectivity index (χ3n) is 3.91. The van der Waals surface area contributed by atoms with E-state index >= 15 is 0 Å². The Bertz CT molecular complexity index is 932. The second kappa shape index (κ2) is 7.69. The monoisotopic (exact) mass is 363 g/mol. The average molecular weight is 363 g/mol. The molecule has 4 rings (SSSR count). The van der Waals surface area contributed by atoms with E-state index in [1.165, 1.54) is 12.4 Å². The molecule has 3 heterocycles. The molecule has 0 saturated carbocycles. The lowest BCUT2D eigenvalue weighted by Crippen LogP contribution is -2.16. The van der Waals surface area contributed by atoms with Gasteiger partial charge < -0.3 is 20.1 Å². The summed E-state index contributed by atoms with van der Waals surface area (Å²) in [5.41, 5.74) is 2.04. The van der Waals surface area contributed by atoms with E-state index in [0.29, 0.717) is 48.5 Å². The number of carbonyl (C=O) groups is 1. The minimum Gasteiger partial charge on any atom is -0.486 e. The van der Waals surface area contributed by atoms with Crippen molar-refractivity contribution in [1.29, 1.82) is 0 Å². The van der Waals surface area contributed by atoms with Gasteiger partial charge in [-0.25, -0.2) is 9.97 Å². The van der Waals surface area contributed by atoms with Crippen LogP contribution in [0.1, 0.15) is 15.9 Å². The first kappa shape index (κ1) is 16.8. The molecule has 0 bridgehead atoms. The molecule has 1 aliphatic heterocycles. The second-order valence-electron chi connectivity index (χ2n) is 5.82. The standard InChI is InChI=1S/C19H17N5O3/c25-18(24-15-1-2-16-17(9-15)27-8-7-26-16)14-11-22-19(23-12-14)21-10-13-3-5-20-6-4-13/h1-6,9,11-12H,7-8,10H2,(H,24,25)(H,21,22,23). The molecule has 136 valence electrons. The number of nitrogens with zero attached hydrogens (tertiary/aromatic N) is 3. The maximum atomic E-state index is 12.4. The average Bonchev–Trinajstić information content (AvgIpc) is 2.73. The van der Waals surface area contributed by atoms with Gasteiger partial charge in [-0.05, 0) is 29.8 Å². The first-order chi connectivity index (χ1) is 13.3.